The smallest absolute Gasteiger partial charge is 0.0826 e. The van der Waals surface area contributed by atoms with E-state index in [-0.39, 0.29) is 5.92 Å². The average molecular weight is 246 g/mol. The molecule has 2 aliphatic rings. The Morgan fingerprint density at radius 2 is 2.28 bits per heavy atom. The Hall–Kier alpha value is -0.930. The van der Waals surface area contributed by atoms with Crippen LogP contribution in [-0.2, 0) is 6.42 Å². The van der Waals surface area contributed by atoms with Crippen LogP contribution in [0.4, 0.5) is 0 Å². The van der Waals surface area contributed by atoms with Crippen molar-refractivity contribution >= 4 is 0 Å². The zero-order chi connectivity index (χ0) is 12.6. The first-order chi connectivity index (χ1) is 8.67. The highest BCUT2D eigenvalue weighted by molar-refractivity contribution is 5.28. The van der Waals surface area contributed by atoms with E-state index in [1.54, 1.807) is 0 Å². The van der Waals surface area contributed by atoms with Gasteiger partial charge in [0.15, 0.2) is 0 Å². The van der Waals surface area contributed by atoms with E-state index < -0.39 is 5.60 Å². The van der Waals surface area contributed by atoms with Crippen molar-refractivity contribution in [3.8, 4) is 0 Å². The van der Waals surface area contributed by atoms with Crippen molar-refractivity contribution in [1.29, 1.82) is 0 Å². The monoisotopic (exact) mass is 246 g/mol. The minimum Gasteiger partial charge on any atom is -0.388 e. The van der Waals surface area contributed by atoms with Crippen LogP contribution in [-0.4, -0.2) is 28.3 Å². The van der Waals surface area contributed by atoms with Crippen molar-refractivity contribution in [2.24, 2.45) is 0 Å². The molecule has 0 aromatic carbocycles. The molecule has 18 heavy (non-hydrogen) atoms. The van der Waals surface area contributed by atoms with Crippen LogP contribution < -0.4 is 5.32 Å². The number of nitrogens with one attached hydrogen (secondary N) is 1. The fourth-order valence-electron chi connectivity index (χ4n) is 2.98. The van der Waals surface area contributed by atoms with Gasteiger partial charge in [-0.15, -0.1) is 0 Å². The van der Waals surface area contributed by atoms with E-state index in [9.17, 15) is 5.11 Å². The fourth-order valence-corrected chi connectivity index (χ4v) is 2.98. The van der Waals surface area contributed by atoms with Crippen LogP contribution in [0, 0.1) is 0 Å². The predicted molar refractivity (Wildman–Crippen MR) is 71.6 cm³/mol. The van der Waals surface area contributed by atoms with Crippen LogP contribution in [0.5, 0.6) is 0 Å². The molecule has 2 atom stereocenters. The Morgan fingerprint density at radius 1 is 1.44 bits per heavy atom. The van der Waals surface area contributed by atoms with E-state index >= 15 is 0 Å². The van der Waals surface area contributed by atoms with Gasteiger partial charge in [-0.05, 0) is 50.7 Å². The second kappa shape index (κ2) is 4.63. The molecule has 1 saturated carbocycles. The van der Waals surface area contributed by atoms with E-state index in [1.807, 2.05) is 19.2 Å². The van der Waals surface area contributed by atoms with Gasteiger partial charge in [0, 0.05) is 30.4 Å². The van der Waals surface area contributed by atoms with Gasteiger partial charge in [0.1, 0.15) is 0 Å². The number of fused-ring (bicyclic) bond motifs is 1. The highest BCUT2D eigenvalue weighted by Crippen LogP contribution is 2.37. The molecular formula is C15H22N2O. The molecule has 2 aliphatic carbocycles. The van der Waals surface area contributed by atoms with Crippen molar-refractivity contribution in [2.75, 3.05) is 6.54 Å². The van der Waals surface area contributed by atoms with Crippen molar-refractivity contribution in [3.05, 3.63) is 29.6 Å². The molecule has 98 valence electrons. The average Bonchev–Trinajstić information content (AvgIpc) is 3.20. The maximum Gasteiger partial charge on any atom is 0.0826 e. The quantitative estimate of drug-likeness (QED) is 0.854. The molecule has 3 heteroatoms. The molecule has 1 aromatic rings. The lowest BCUT2D eigenvalue weighted by atomic mass is 9.76. The van der Waals surface area contributed by atoms with Crippen LogP contribution in [0.1, 0.15) is 49.8 Å². The first kappa shape index (κ1) is 12.1. The van der Waals surface area contributed by atoms with Crippen molar-refractivity contribution < 1.29 is 5.11 Å². The summed E-state index contributed by atoms with van der Waals surface area (Å²) in [5.41, 5.74) is 1.75. The van der Waals surface area contributed by atoms with E-state index in [0.29, 0.717) is 12.6 Å². The van der Waals surface area contributed by atoms with Crippen molar-refractivity contribution in [1.82, 2.24) is 10.3 Å². The Morgan fingerprint density at radius 3 is 3.06 bits per heavy atom. The van der Waals surface area contributed by atoms with Gasteiger partial charge >= 0.3 is 0 Å². The van der Waals surface area contributed by atoms with Gasteiger partial charge in [-0.25, -0.2) is 0 Å². The molecule has 2 N–H and O–H groups in total. The molecule has 0 bridgehead atoms. The number of aliphatic hydroxyl groups is 1. The third-order valence-electron chi connectivity index (χ3n) is 4.27. The van der Waals surface area contributed by atoms with Crippen LogP contribution in [0.2, 0.25) is 0 Å². The lowest BCUT2D eigenvalue weighted by molar-refractivity contribution is 0.0231. The van der Waals surface area contributed by atoms with E-state index in [2.05, 4.69) is 16.4 Å². The first-order valence-electron chi connectivity index (χ1n) is 7.06. The number of nitrogens with zero attached hydrogens (tertiary/aromatic N) is 1. The minimum absolute atomic E-state index is 0.175. The molecule has 1 heterocycles. The number of aromatic nitrogens is 1. The number of pyridine rings is 1. The lowest BCUT2D eigenvalue weighted by Crippen LogP contribution is -2.45. The maximum absolute atomic E-state index is 10.8. The second-order valence-corrected chi connectivity index (χ2v) is 6.00. The summed E-state index contributed by atoms with van der Waals surface area (Å²) in [7, 11) is 0. The molecule has 2 unspecified atom stereocenters. The van der Waals surface area contributed by atoms with Crippen LogP contribution in [0.3, 0.4) is 0 Å². The normalized spacial score (nSPS) is 26.4. The van der Waals surface area contributed by atoms with Crippen molar-refractivity contribution in [2.45, 2.75) is 56.6 Å². The number of hydrogen-bond donors (Lipinski definition) is 2. The Labute approximate surface area is 109 Å². The Balaban J connectivity index is 1.78. The summed E-state index contributed by atoms with van der Waals surface area (Å²) >= 11 is 0. The van der Waals surface area contributed by atoms with Gasteiger partial charge in [0.2, 0.25) is 0 Å². The lowest BCUT2D eigenvalue weighted by Gasteiger charge is -2.36. The third-order valence-corrected chi connectivity index (χ3v) is 4.27. The van der Waals surface area contributed by atoms with Gasteiger partial charge in [-0.2, -0.15) is 0 Å². The molecule has 3 nitrogen and oxygen atoms in total. The van der Waals surface area contributed by atoms with E-state index in [0.717, 1.165) is 25.0 Å². The molecule has 0 radical (unpaired) electrons. The summed E-state index contributed by atoms with van der Waals surface area (Å²) in [4.78, 5) is 4.52. The molecule has 3 rings (SSSR count). The van der Waals surface area contributed by atoms with Crippen LogP contribution in [0.25, 0.3) is 0 Å². The molecule has 0 spiro atoms. The van der Waals surface area contributed by atoms with Gasteiger partial charge in [-0.3, -0.25) is 4.98 Å². The summed E-state index contributed by atoms with van der Waals surface area (Å²) in [5.74, 6) is 0.175. The Bertz CT molecular complexity index is 426. The van der Waals surface area contributed by atoms with Gasteiger partial charge in [-0.1, -0.05) is 6.07 Å². The van der Waals surface area contributed by atoms with E-state index in [1.165, 1.54) is 18.4 Å². The summed E-state index contributed by atoms with van der Waals surface area (Å²) in [6, 6.07) is 4.79. The predicted octanol–water partition coefficient (Wildman–Crippen LogP) is 2.00. The summed E-state index contributed by atoms with van der Waals surface area (Å²) in [6.45, 7) is 2.63. The number of rotatable bonds is 4. The minimum atomic E-state index is -0.688. The van der Waals surface area contributed by atoms with E-state index in [4.69, 9.17) is 0 Å². The number of hydrogen-bond acceptors (Lipinski definition) is 3. The second-order valence-electron chi connectivity index (χ2n) is 6.00. The number of aryl methyl sites for hydroxylation is 1. The molecular weight excluding hydrogens is 224 g/mol. The summed E-state index contributed by atoms with van der Waals surface area (Å²) < 4.78 is 0. The zero-order valence-corrected chi connectivity index (χ0v) is 11.0. The topological polar surface area (TPSA) is 45.1 Å². The van der Waals surface area contributed by atoms with Crippen LogP contribution >= 0.6 is 0 Å². The molecule has 0 aliphatic heterocycles. The standard InChI is InChI=1S/C15H22N2O/c1-15(18,10-17-12-7-8-12)13-6-2-4-11-5-3-9-16-14(11)13/h3,5,9,12-13,17-18H,2,4,6-8,10H2,1H3. The largest absolute Gasteiger partial charge is 0.388 e. The van der Waals surface area contributed by atoms with Gasteiger partial charge in [0.25, 0.3) is 0 Å². The molecule has 1 fully saturated rings. The molecule has 0 saturated heterocycles. The van der Waals surface area contributed by atoms with Gasteiger partial charge in [0.05, 0.1) is 5.60 Å². The van der Waals surface area contributed by atoms with Crippen LogP contribution in [0.15, 0.2) is 18.3 Å². The molecule has 0 amide bonds. The maximum atomic E-state index is 10.8. The highest BCUT2D eigenvalue weighted by atomic mass is 16.3. The third kappa shape index (κ3) is 2.43. The zero-order valence-electron chi connectivity index (χ0n) is 11.0. The highest BCUT2D eigenvalue weighted by Gasteiger charge is 2.37. The molecule has 1 aromatic heterocycles. The Kier molecular flexibility index (Phi) is 3.12. The van der Waals surface area contributed by atoms with Gasteiger partial charge < -0.3 is 10.4 Å². The summed E-state index contributed by atoms with van der Waals surface area (Å²) in [5, 5.41) is 14.2. The first-order valence-corrected chi connectivity index (χ1v) is 7.06. The van der Waals surface area contributed by atoms with Crippen molar-refractivity contribution in [3.63, 3.8) is 0 Å². The fraction of sp³-hybridized carbons (Fsp3) is 0.667. The SMILES string of the molecule is CC(O)(CNC1CC1)C1CCCc2cccnc21. The summed E-state index contributed by atoms with van der Waals surface area (Å²) in [6.07, 6.45) is 7.67.